The van der Waals surface area contributed by atoms with Crippen LogP contribution in [0.4, 0.5) is 0 Å². The van der Waals surface area contributed by atoms with Crippen molar-refractivity contribution < 1.29 is 39.5 Å². The lowest BCUT2D eigenvalue weighted by molar-refractivity contribution is -0.284. The smallest absolute Gasteiger partial charge is 0.335 e. The van der Waals surface area contributed by atoms with Crippen LogP contribution in [0.25, 0.3) is 0 Å². The topological polar surface area (TPSA) is 134 Å². The highest BCUT2D eigenvalue weighted by Crippen LogP contribution is 2.40. The van der Waals surface area contributed by atoms with Crippen molar-refractivity contribution in [3.63, 3.8) is 0 Å². The largest absolute Gasteiger partial charge is 0.479 e. The molecule has 0 aromatic carbocycles. The summed E-state index contributed by atoms with van der Waals surface area (Å²) in [4.78, 5) is 23.3. The van der Waals surface area contributed by atoms with Gasteiger partial charge in [0.2, 0.25) is 6.29 Å². The first-order valence-corrected chi connectivity index (χ1v) is 11.4. The van der Waals surface area contributed by atoms with Crippen molar-refractivity contribution in [3.05, 3.63) is 58.7 Å². The van der Waals surface area contributed by atoms with Crippen LogP contribution in [0.2, 0.25) is 0 Å². The summed E-state index contributed by atoms with van der Waals surface area (Å²) < 4.78 is 9.88. The van der Waals surface area contributed by atoms with Gasteiger partial charge in [0.1, 0.15) is 18.3 Å². The number of allylic oxidation sites excluding steroid dienone is 9. The molecule has 0 bridgehead atoms. The molecular weight excluding hydrogens is 440 g/mol. The van der Waals surface area contributed by atoms with Crippen molar-refractivity contribution in [2.24, 2.45) is 5.41 Å². The first-order chi connectivity index (χ1) is 15.8. The van der Waals surface area contributed by atoms with Gasteiger partial charge in [0.05, 0.1) is 0 Å². The minimum absolute atomic E-state index is 0.170. The molecule has 34 heavy (non-hydrogen) atoms. The number of aliphatic carboxylic acids is 1. The van der Waals surface area contributed by atoms with Crippen molar-refractivity contribution in [1.82, 2.24) is 0 Å². The van der Waals surface area contributed by atoms with Gasteiger partial charge in [-0.2, -0.15) is 0 Å². The number of carboxylic acids is 1. The van der Waals surface area contributed by atoms with Crippen LogP contribution in [0.5, 0.6) is 0 Å². The van der Waals surface area contributed by atoms with E-state index in [1.54, 1.807) is 19.1 Å². The Balaban J connectivity index is 1.98. The molecule has 4 N–H and O–H groups in total. The number of carbonyl (C=O) groups excluding carboxylic acids is 1. The molecule has 2 rings (SSSR count). The highest BCUT2D eigenvalue weighted by Gasteiger charge is 2.48. The van der Waals surface area contributed by atoms with Gasteiger partial charge in [-0.25, -0.2) is 9.59 Å². The molecule has 8 nitrogen and oxygen atoms in total. The normalized spacial score (nSPS) is 30.8. The van der Waals surface area contributed by atoms with E-state index in [1.165, 1.54) is 24.0 Å². The molecule has 1 heterocycles. The third-order valence-corrected chi connectivity index (χ3v) is 6.16. The zero-order valence-corrected chi connectivity index (χ0v) is 20.4. The summed E-state index contributed by atoms with van der Waals surface area (Å²) in [6, 6.07) is 0. The average Bonchev–Trinajstić information content (AvgIpc) is 2.73. The van der Waals surface area contributed by atoms with Gasteiger partial charge in [0, 0.05) is 6.08 Å². The lowest BCUT2D eigenvalue weighted by Crippen LogP contribution is -2.60. The maximum atomic E-state index is 12.2. The summed E-state index contributed by atoms with van der Waals surface area (Å²) in [5.74, 6) is -2.44. The highest BCUT2D eigenvalue weighted by atomic mass is 16.7. The maximum Gasteiger partial charge on any atom is 0.335 e. The maximum absolute atomic E-state index is 12.2. The molecule has 1 aliphatic heterocycles. The molecule has 0 amide bonds. The number of carboxylic acid groups (broad SMARTS) is 1. The second-order valence-corrected chi connectivity index (χ2v) is 9.59. The number of ether oxygens (including phenoxy) is 2. The number of hydrogen-bond donors (Lipinski definition) is 4. The van der Waals surface area contributed by atoms with Crippen LogP contribution in [0.3, 0.4) is 0 Å². The Morgan fingerprint density at radius 2 is 1.74 bits per heavy atom. The van der Waals surface area contributed by atoms with Crippen LogP contribution in [0.15, 0.2) is 58.7 Å². The van der Waals surface area contributed by atoms with Crippen LogP contribution in [-0.2, 0) is 19.1 Å². The number of aliphatic hydroxyl groups is 3. The third kappa shape index (κ3) is 7.24. The summed E-state index contributed by atoms with van der Waals surface area (Å²) in [6.45, 7) is 10.4. The number of aliphatic hydroxyl groups excluding tert-OH is 3. The van der Waals surface area contributed by atoms with E-state index in [4.69, 9.17) is 14.6 Å². The standard InChI is InChI=1S/C26H36O8/c1-15(11-12-18-17(3)10-7-13-26(18,4)5)8-6-9-16(2)14-19(27)33-25-22(30)20(28)21(29)23(34-25)24(31)32/h6,8-9,11-12,14,20-23,25,28-30H,7,10,13H2,1-5H3,(H,31,32)/b9-6+,12-11+,15-8+,16-14+/t20-,21+,22+,23-,25+/m0/s1. The molecule has 0 radical (unpaired) electrons. The molecule has 1 saturated heterocycles. The first kappa shape index (κ1) is 27.7. The Hall–Kier alpha value is -2.52. The molecule has 0 saturated carbocycles. The summed E-state index contributed by atoms with van der Waals surface area (Å²) >= 11 is 0. The van der Waals surface area contributed by atoms with Gasteiger partial charge >= 0.3 is 11.9 Å². The summed E-state index contributed by atoms with van der Waals surface area (Å²) in [5.41, 5.74) is 4.56. The molecule has 0 aromatic heterocycles. The fraction of sp³-hybridized carbons (Fsp3) is 0.538. The lowest BCUT2D eigenvalue weighted by Gasteiger charge is -2.37. The average molecular weight is 477 g/mol. The van der Waals surface area contributed by atoms with E-state index in [0.29, 0.717) is 5.57 Å². The number of hydrogen-bond acceptors (Lipinski definition) is 7. The fourth-order valence-corrected chi connectivity index (χ4v) is 4.16. The van der Waals surface area contributed by atoms with E-state index in [2.05, 4.69) is 32.9 Å². The van der Waals surface area contributed by atoms with E-state index < -0.39 is 42.6 Å². The van der Waals surface area contributed by atoms with E-state index in [0.717, 1.165) is 18.1 Å². The van der Waals surface area contributed by atoms with Gasteiger partial charge in [0.25, 0.3) is 0 Å². The van der Waals surface area contributed by atoms with Crippen LogP contribution in [-0.4, -0.2) is 63.1 Å². The van der Waals surface area contributed by atoms with Crippen LogP contribution in [0.1, 0.15) is 53.9 Å². The molecule has 2 aliphatic rings. The summed E-state index contributed by atoms with van der Waals surface area (Å²) in [5, 5.41) is 38.5. The Bertz CT molecular complexity index is 921. The SMILES string of the molecule is CC1=C(/C=C/C(C)=C/C=C/C(C)=C/C(=O)O[C@@H]2O[C@H](C(=O)O)[C@H](O)[C@H](O)[C@H]2O)C(C)(C)CCC1. The van der Waals surface area contributed by atoms with Gasteiger partial charge in [-0.3, -0.25) is 0 Å². The zero-order chi connectivity index (χ0) is 25.6. The predicted octanol–water partition coefficient (Wildman–Crippen LogP) is 2.95. The molecule has 1 fully saturated rings. The molecule has 0 aromatic rings. The monoisotopic (exact) mass is 476 g/mol. The van der Waals surface area contributed by atoms with Crippen LogP contribution >= 0.6 is 0 Å². The van der Waals surface area contributed by atoms with E-state index in [-0.39, 0.29) is 5.41 Å². The van der Waals surface area contributed by atoms with Crippen molar-refractivity contribution in [1.29, 1.82) is 0 Å². The van der Waals surface area contributed by atoms with Gasteiger partial charge in [0.15, 0.2) is 6.10 Å². The molecule has 5 atom stereocenters. The van der Waals surface area contributed by atoms with Gasteiger partial charge in [-0.15, -0.1) is 0 Å². The molecule has 8 heteroatoms. The van der Waals surface area contributed by atoms with Gasteiger partial charge in [-0.1, -0.05) is 55.4 Å². The number of esters is 1. The minimum atomic E-state index is -1.85. The number of carbonyl (C=O) groups is 2. The van der Waals surface area contributed by atoms with Gasteiger partial charge in [-0.05, 0) is 56.6 Å². The molecular formula is C26H36O8. The van der Waals surface area contributed by atoms with Gasteiger partial charge < -0.3 is 29.9 Å². The second kappa shape index (κ2) is 11.8. The number of rotatable bonds is 7. The lowest BCUT2D eigenvalue weighted by atomic mass is 9.72. The Morgan fingerprint density at radius 3 is 2.35 bits per heavy atom. The first-order valence-electron chi connectivity index (χ1n) is 11.4. The van der Waals surface area contributed by atoms with Crippen molar-refractivity contribution in [2.45, 2.75) is 84.6 Å². The molecule has 0 unspecified atom stereocenters. The summed E-state index contributed by atoms with van der Waals surface area (Å²) in [6.07, 6.45) is 5.29. The quantitative estimate of drug-likeness (QED) is 0.250. The Labute approximate surface area is 200 Å². The summed E-state index contributed by atoms with van der Waals surface area (Å²) in [7, 11) is 0. The van der Waals surface area contributed by atoms with E-state index >= 15 is 0 Å². The molecule has 0 spiro atoms. The van der Waals surface area contributed by atoms with Crippen LogP contribution < -0.4 is 0 Å². The Morgan fingerprint density at radius 1 is 1.06 bits per heavy atom. The molecule has 188 valence electrons. The van der Waals surface area contributed by atoms with E-state index in [1.807, 2.05) is 13.0 Å². The zero-order valence-electron chi connectivity index (χ0n) is 20.4. The minimum Gasteiger partial charge on any atom is -0.479 e. The molecule has 1 aliphatic carbocycles. The fourth-order valence-electron chi connectivity index (χ4n) is 4.16. The highest BCUT2D eigenvalue weighted by molar-refractivity contribution is 5.83. The Kier molecular flexibility index (Phi) is 9.58. The van der Waals surface area contributed by atoms with Crippen molar-refractivity contribution in [3.8, 4) is 0 Å². The third-order valence-electron chi connectivity index (χ3n) is 6.16. The van der Waals surface area contributed by atoms with Crippen molar-refractivity contribution in [2.75, 3.05) is 0 Å². The predicted molar refractivity (Wildman–Crippen MR) is 127 cm³/mol. The van der Waals surface area contributed by atoms with Crippen molar-refractivity contribution >= 4 is 11.9 Å². The van der Waals surface area contributed by atoms with E-state index in [9.17, 15) is 24.9 Å². The van der Waals surface area contributed by atoms with Crippen LogP contribution in [0, 0.1) is 5.41 Å². The second-order valence-electron chi connectivity index (χ2n) is 9.59.